The van der Waals surface area contributed by atoms with Crippen LogP contribution in [0.2, 0.25) is 0 Å². The first kappa shape index (κ1) is 61.7. The summed E-state index contributed by atoms with van der Waals surface area (Å²) in [6.45, 7) is 3.99. The molecule has 0 bridgehead atoms. The number of rotatable bonds is 44. The van der Waals surface area contributed by atoms with Gasteiger partial charge in [0.05, 0.1) is 27.7 Å². The molecule has 0 aromatic carbocycles. The zero-order valence-electron chi connectivity index (χ0n) is 41.6. The van der Waals surface area contributed by atoms with Gasteiger partial charge in [0.1, 0.15) is 19.8 Å². The molecule has 65 heavy (non-hydrogen) atoms. The molecule has 0 fully saturated rings. The average Bonchev–Trinajstić information content (AvgIpc) is 3.26. The highest BCUT2D eigenvalue weighted by Crippen LogP contribution is 2.38. The standard InChI is InChI=1S/C55H92NO8P/c1-6-8-10-12-14-16-18-19-20-21-22-23-24-25-26-27-28-29-30-31-32-33-34-35-36-37-38-40-42-44-46-48-55(58)64-53(52-63-65(59,60)62-50-49-56(3,4)5)51-61-54(57)47-45-43-41-39-17-15-13-11-9-7-2/h8,10-11,13-14,16,19-20,22-23,25-26,28-29,31-32,34-35,53H,6-7,9,12,15,17-18,21,24,27,30,33,36-52H2,1-5H3/b10-8-,13-11-,16-14-,20-19-,23-22-,26-25-,29-28-,32-31-,35-34-. The minimum atomic E-state index is -4.64. The summed E-state index contributed by atoms with van der Waals surface area (Å²) in [6.07, 6.45) is 62.8. The fourth-order valence-electron chi connectivity index (χ4n) is 6.14. The highest BCUT2D eigenvalue weighted by molar-refractivity contribution is 7.45. The molecule has 2 atom stereocenters. The van der Waals surface area contributed by atoms with Crippen molar-refractivity contribution in [3.63, 3.8) is 0 Å². The molecule has 370 valence electrons. The minimum Gasteiger partial charge on any atom is -0.756 e. The predicted molar refractivity (Wildman–Crippen MR) is 272 cm³/mol. The summed E-state index contributed by atoms with van der Waals surface area (Å²) in [5.74, 6) is -0.875. The number of allylic oxidation sites excluding steroid dienone is 18. The third-order valence-electron chi connectivity index (χ3n) is 10.0. The summed E-state index contributed by atoms with van der Waals surface area (Å²) in [6, 6.07) is 0. The number of likely N-dealkylation sites (N-methyl/N-ethyl adjacent to an activating group) is 1. The van der Waals surface area contributed by atoms with Crippen molar-refractivity contribution in [1.82, 2.24) is 0 Å². The predicted octanol–water partition coefficient (Wildman–Crippen LogP) is 14.4. The Morgan fingerprint density at radius 3 is 1.32 bits per heavy atom. The van der Waals surface area contributed by atoms with Crippen molar-refractivity contribution in [2.75, 3.05) is 47.5 Å². The Bertz CT molecular complexity index is 1470. The van der Waals surface area contributed by atoms with Gasteiger partial charge in [0, 0.05) is 12.8 Å². The first-order valence-electron chi connectivity index (χ1n) is 25.1. The van der Waals surface area contributed by atoms with E-state index < -0.39 is 32.5 Å². The molecule has 10 heteroatoms. The topological polar surface area (TPSA) is 111 Å². The molecule has 0 saturated heterocycles. The molecule has 0 spiro atoms. The molecule has 0 rings (SSSR count). The molecule has 0 N–H and O–H groups in total. The van der Waals surface area contributed by atoms with E-state index in [4.69, 9.17) is 18.5 Å². The average molecular weight is 926 g/mol. The van der Waals surface area contributed by atoms with Crippen LogP contribution in [0.25, 0.3) is 0 Å². The van der Waals surface area contributed by atoms with E-state index in [-0.39, 0.29) is 26.1 Å². The van der Waals surface area contributed by atoms with Gasteiger partial charge in [-0.15, -0.1) is 0 Å². The maximum absolute atomic E-state index is 12.7. The largest absolute Gasteiger partial charge is 0.756 e. The fourth-order valence-corrected chi connectivity index (χ4v) is 6.87. The first-order chi connectivity index (χ1) is 31.5. The molecule has 0 aromatic rings. The van der Waals surface area contributed by atoms with E-state index in [1.54, 1.807) is 0 Å². The summed E-state index contributed by atoms with van der Waals surface area (Å²) in [5, 5.41) is 0. The molecule has 0 aliphatic carbocycles. The fraction of sp³-hybridized carbons (Fsp3) is 0.636. The Kier molecular flexibility index (Phi) is 43.5. The first-order valence-corrected chi connectivity index (χ1v) is 26.6. The minimum absolute atomic E-state index is 0.0413. The number of carbonyl (C=O) groups is 2. The van der Waals surface area contributed by atoms with E-state index in [1.807, 2.05) is 21.1 Å². The Morgan fingerprint density at radius 2 is 0.877 bits per heavy atom. The van der Waals surface area contributed by atoms with Gasteiger partial charge in [-0.25, -0.2) is 0 Å². The molecule has 0 aromatic heterocycles. The Balaban J connectivity index is 4.22. The van der Waals surface area contributed by atoms with Crippen LogP contribution in [0, 0.1) is 0 Å². The van der Waals surface area contributed by atoms with Crippen LogP contribution in [0.15, 0.2) is 109 Å². The van der Waals surface area contributed by atoms with Gasteiger partial charge < -0.3 is 27.9 Å². The molecule has 0 saturated carbocycles. The second-order valence-corrected chi connectivity index (χ2v) is 18.9. The molecule has 2 unspecified atom stereocenters. The zero-order chi connectivity index (χ0) is 47.8. The number of hydrogen-bond donors (Lipinski definition) is 0. The lowest BCUT2D eigenvalue weighted by Gasteiger charge is -2.28. The number of phosphoric ester groups is 1. The molecule has 9 nitrogen and oxygen atoms in total. The summed E-state index contributed by atoms with van der Waals surface area (Å²) < 4.78 is 33.9. The van der Waals surface area contributed by atoms with Gasteiger partial charge >= 0.3 is 11.9 Å². The van der Waals surface area contributed by atoms with Crippen molar-refractivity contribution in [3.05, 3.63) is 109 Å². The van der Waals surface area contributed by atoms with Crippen molar-refractivity contribution < 1.29 is 42.1 Å². The van der Waals surface area contributed by atoms with Crippen LogP contribution >= 0.6 is 7.82 Å². The number of phosphoric acid groups is 1. The SMILES string of the molecule is CC/C=C\C/C=C\C/C=C\C/C=C\C/C=C\C/C=C\C/C=C\C/C=C\CCCCCCCCC(=O)OC(COC(=O)CCCCCCC/C=C\CCC)COP(=O)([O-])OCC[N+](C)(C)C. The van der Waals surface area contributed by atoms with Gasteiger partial charge in [0.2, 0.25) is 0 Å². The number of hydrogen-bond acceptors (Lipinski definition) is 8. The van der Waals surface area contributed by atoms with Gasteiger partial charge in [0.15, 0.2) is 6.10 Å². The Morgan fingerprint density at radius 1 is 0.492 bits per heavy atom. The van der Waals surface area contributed by atoms with E-state index in [2.05, 4.69) is 123 Å². The maximum Gasteiger partial charge on any atom is 0.306 e. The lowest BCUT2D eigenvalue weighted by Crippen LogP contribution is -2.37. The summed E-state index contributed by atoms with van der Waals surface area (Å²) >= 11 is 0. The van der Waals surface area contributed by atoms with Gasteiger partial charge in [-0.2, -0.15) is 0 Å². The Labute approximate surface area is 397 Å². The van der Waals surface area contributed by atoms with E-state index in [9.17, 15) is 19.0 Å². The lowest BCUT2D eigenvalue weighted by molar-refractivity contribution is -0.870. The number of esters is 2. The number of carbonyl (C=O) groups excluding carboxylic acids is 2. The summed E-state index contributed by atoms with van der Waals surface area (Å²) in [4.78, 5) is 37.6. The van der Waals surface area contributed by atoms with E-state index in [0.717, 1.165) is 128 Å². The maximum atomic E-state index is 12.7. The van der Waals surface area contributed by atoms with Crippen LogP contribution in [-0.2, 0) is 32.7 Å². The molecule has 0 amide bonds. The number of unbranched alkanes of at least 4 members (excludes halogenated alkanes) is 12. The molecular weight excluding hydrogens is 834 g/mol. The van der Waals surface area contributed by atoms with Gasteiger partial charge in [-0.3, -0.25) is 14.2 Å². The van der Waals surface area contributed by atoms with Crippen LogP contribution in [0.5, 0.6) is 0 Å². The third kappa shape index (κ3) is 49.9. The second-order valence-electron chi connectivity index (χ2n) is 17.4. The summed E-state index contributed by atoms with van der Waals surface area (Å²) in [7, 11) is 1.13. The van der Waals surface area contributed by atoms with Crippen LogP contribution in [-0.4, -0.2) is 70.0 Å². The van der Waals surface area contributed by atoms with Crippen LogP contribution in [0.1, 0.15) is 174 Å². The van der Waals surface area contributed by atoms with Crippen LogP contribution in [0.3, 0.4) is 0 Å². The van der Waals surface area contributed by atoms with E-state index in [1.165, 1.54) is 6.42 Å². The highest BCUT2D eigenvalue weighted by Gasteiger charge is 2.21. The third-order valence-corrected chi connectivity index (χ3v) is 11.0. The molecule has 0 aliphatic rings. The van der Waals surface area contributed by atoms with Crippen LogP contribution < -0.4 is 4.89 Å². The van der Waals surface area contributed by atoms with Gasteiger partial charge in [-0.05, 0) is 96.3 Å². The van der Waals surface area contributed by atoms with Crippen molar-refractivity contribution in [2.45, 2.75) is 180 Å². The number of nitrogens with zero attached hydrogens (tertiary/aromatic N) is 1. The molecule has 0 aliphatic heterocycles. The number of ether oxygens (including phenoxy) is 2. The molecule has 0 radical (unpaired) electrons. The van der Waals surface area contributed by atoms with E-state index in [0.29, 0.717) is 23.9 Å². The second kappa shape index (κ2) is 45.8. The number of quaternary nitrogens is 1. The molecular formula is C55H92NO8P. The molecule has 0 heterocycles. The zero-order valence-corrected chi connectivity index (χ0v) is 42.5. The van der Waals surface area contributed by atoms with Crippen molar-refractivity contribution in [1.29, 1.82) is 0 Å². The monoisotopic (exact) mass is 926 g/mol. The van der Waals surface area contributed by atoms with Crippen LogP contribution in [0.4, 0.5) is 0 Å². The van der Waals surface area contributed by atoms with Crippen molar-refractivity contribution >= 4 is 19.8 Å². The highest BCUT2D eigenvalue weighted by atomic mass is 31.2. The Hall–Kier alpha value is -3.33. The van der Waals surface area contributed by atoms with Gasteiger partial charge in [-0.1, -0.05) is 175 Å². The van der Waals surface area contributed by atoms with Crippen molar-refractivity contribution in [2.24, 2.45) is 0 Å². The van der Waals surface area contributed by atoms with E-state index >= 15 is 0 Å². The lowest BCUT2D eigenvalue weighted by atomic mass is 10.1. The quantitative estimate of drug-likeness (QED) is 0.0195. The normalized spacial score (nSPS) is 14.4. The smallest absolute Gasteiger partial charge is 0.306 e. The summed E-state index contributed by atoms with van der Waals surface area (Å²) in [5.41, 5.74) is 0. The van der Waals surface area contributed by atoms with Gasteiger partial charge in [0.25, 0.3) is 7.82 Å². The van der Waals surface area contributed by atoms with Crippen molar-refractivity contribution in [3.8, 4) is 0 Å².